The van der Waals surface area contributed by atoms with Crippen molar-refractivity contribution in [2.75, 3.05) is 0 Å². The largest absolute Gasteiger partial charge is 0.0794 e. The Morgan fingerprint density at radius 3 is 1.10 bits per heavy atom. The molecule has 0 nitrogen and oxygen atoms in total. The number of hydrogen-bond acceptors (Lipinski definition) is 0. The van der Waals surface area contributed by atoms with Crippen molar-refractivity contribution in [1.82, 2.24) is 0 Å². The van der Waals surface area contributed by atoms with E-state index in [4.69, 9.17) is 0 Å². The third-order valence-electron chi connectivity index (χ3n) is 6.76. The first-order valence-corrected chi connectivity index (χ1v) is 12.2. The molecule has 0 N–H and O–H groups in total. The van der Waals surface area contributed by atoms with E-state index >= 15 is 0 Å². The molecule has 1 radical (unpaired) electrons. The molecule has 0 amide bonds. The molecule has 3 aliphatic rings. The van der Waals surface area contributed by atoms with Crippen molar-refractivity contribution in [3.05, 3.63) is 124 Å². The van der Waals surface area contributed by atoms with Gasteiger partial charge in [0.2, 0.25) is 0 Å². The van der Waals surface area contributed by atoms with Gasteiger partial charge in [0, 0.05) is 18.9 Å². The molecule has 3 atom stereocenters. The second kappa shape index (κ2) is 7.50. The summed E-state index contributed by atoms with van der Waals surface area (Å²) in [5.74, 6) is 0. The fraction of sp³-hybridized carbons (Fsp3) is 0.111. The van der Waals surface area contributed by atoms with E-state index in [1.807, 2.05) is 0 Å². The summed E-state index contributed by atoms with van der Waals surface area (Å²) in [4.78, 5) is 0. The minimum absolute atomic E-state index is 0. The van der Waals surface area contributed by atoms with Crippen molar-refractivity contribution >= 4 is 45.9 Å². The van der Waals surface area contributed by atoms with E-state index in [0.717, 1.165) is 0 Å². The van der Waals surface area contributed by atoms with Gasteiger partial charge in [0.05, 0.1) is 8.80 Å². The molecule has 0 aliphatic heterocycles. The molecule has 0 spiro atoms. The Kier molecular flexibility index (Phi) is 4.84. The van der Waals surface area contributed by atoms with Gasteiger partial charge >= 0.3 is 0 Å². The molecule has 135 valence electrons. The van der Waals surface area contributed by atoms with Crippen LogP contribution in [0.2, 0.25) is 0 Å². The molecule has 2 heteroatoms. The number of allylic oxidation sites excluding steroid dienone is 3. The number of benzene rings is 3. The molecule has 0 saturated carbocycles. The van der Waals surface area contributed by atoms with Gasteiger partial charge in [-0.05, 0) is 50.0 Å². The molecule has 3 aromatic rings. The molecule has 0 aromatic heterocycles. The van der Waals surface area contributed by atoms with Gasteiger partial charge in [-0.25, -0.2) is 0 Å². The van der Waals surface area contributed by atoms with Crippen LogP contribution in [-0.2, 0) is 0 Å². The molecule has 3 unspecified atom stereocenters. The van der Waals surface area contributed by atoms with Gasteiger partial charge in [0.1, 0.15) is 0 Å². The van der Waals surface area contributed by atoms with E-state index in [0.29, 0.717) is 16.6 Å². The zero-order valence-corrected chi connectivity index (χ0v) is 17.9. The van der Waals surface area contributed by atoms with Crippen LogP contribution in [0.25, 0.3) is 18.2 Å². The topological polar surface area (TPSA) is 0 Å². The van der Waals surface area contributed by atoms with E-state index in [9.17, 15) is 0 Å². The monoisotopic (exact) mass is 381 g/mol. The fourth-order valence-electron chi connectivity index (χ4n) is 5.51. The Balaban J connectivity index is 0.00000181. The SMILES string of the molecule is C1=CC([SiH](C2C=Cc3ccccc32)C2C=Cc3ccccc32)c2ccccc21.[Li]. The van der Waals surface area contributed by atoms with Crippen LogP contribution in [-0.4, -0.2) is 27.7 Å². The molecular formula is C27H22LiSi. The second-order valence-electron chi connectivity index (χ2n) is 8.12. The minimum atomic E-state index is -1.36. The Morgan fingerprint density at radius 2 is 0.759 bits per heavy atom. The standard InChI is InChI=1S/C27H22Si.Li/c1-4-10-22-19(7-1)13-16-25(22)28(26-17-14-20-8-2-5-11-23(20)26)27-18-15-21-9-3-6-12-24(21)27;/h1-18,25-28H;. The quantitative estimate of drug-likeness (QED) is 0.497. The van der Waals surface area contributed by atoms with Crippen LogP contribution >= 0.6 is 0 Å². The van der Waals surface area contributed by atoms with Crippen LogP contribution in [0.3, 0.4) is 0 Å². The maximum absolute atomic E-state index is 2.51. The molecule has 3 aliphatic carbocycles. The molecule has 6 rings (SSSR count). The first-order valence-electron chi connectivity index (χ1n) is 10.2. The van der Waals surface area contributed by atoms with Crippen molar-refractivity contribution in [2.45, 2.75) is 16.6 Å². The Labute approximate surface area is 186 Å². The van der Waals surface area contributed by atoms with Crippen LogP contribution in [0.15, 0.2) is 91.0 Å². The van der Waals surface area contributed by atoms with E-state index in [1.54, 1.807) is 0 Å². The molecule has 0 fully saturated rings. The van der Waals surface area contributed by atoms with Crippen LogP contribution in [0.1, 0.15) is 50.0 Å². The van der Waals surface area contributed by atoms with Gasteiger partial charge in [-0.2, -0.15) is 0 Å². The van der Waals surface area contributed by atoms with Crippen molar-refractivity contribution in [3.63, 3.8) is 0 Å². The zero-order chi connectivity index (χ0) is 18.5. The van der Waals surface area contributed by atoms with Gasteiger partial charge in [0.15, 0.2) is 0 Å². The zero-order valence-electron chi connectivity index (χ0n) is 16.7. The van der Waals surface area contributed by atoms with Crippen LogP contribution in [0, 0.1) is 0 Å². The van der Waals surface area contributed by atoms with Crippen molar-refractivity contribution < 1.29 is 0 Å². The number of hydrogen-bond donors (Lipinski definition) is 0. The molecule has 0 saturated heterocycles. The fourth-order valence-corrected chi connectivity index (χ4v) is 10.1. The number of fused-ring (bicyclic) bond motifs is 3. The normalized spacial score (nSPS) is 23.4. The predicted molar refractivity (Wildman–Crippen MR) is 128 cm³/mol. The van der Waals surface area contributed by atoms with Crippen molar-refractivity contribution in [3.8, 4) is 0 Å². The summed E-state index contributed by atoms with van der Waals surface area (Å²) in [5, 5.41) is 0. The van der Waals surface area contributed by atoms with Gasteiger partial charge in [-0.3, -0.25) is 0 Å². The summed E-state index contributed by atoms with van der Waals surface area (Å²) in [6.07, 6.45) is 14.6. The third kappa shape index (κ3) is 2.97. The maximum atomic E-state index is 2.51. The summed E-state index contributed by atoms with van der Waals surface area (Å²) in [6.45, 7) is 0. The summed E-state index contributed by atoms with van der Waals surface area (Å²) in [5.41, 5.74) is 10.6. The predicted octanol–water partition coefficient (Wildman–Crippen LogP) is 5.88. The smallest absolute Gasteiger partial charge is 0.0743 e. The van der Waals surface area contributed by atoms with Gasteiger partial charge < -0.3 is 0 Å². The molecule has 3 aromatic carbocycles. The van der Waals surface area contributed by atoms with E-state index < -0.39 is 8.80 Å². The average molecular weight is 382 g/mol. The average Bonchev–Trinajstić information content (AvgIpc) is 3.47. The minimum Gasteiger partial charge on any atom is -0.0794 e. The summed E-state index contributed by atoms with van der Waals surface area (Å²) in [6, 6.07) is 27.0. The van der Waals surface area contributed by atoms with E-state index in [2.05, 4.69) is 109 Å². The molecule has 0 heterocycles. The van der Waals surface area contributed by atoms with Crippen molar-refractivity contribution in [2.24, 2.45) is 0 Å². The van der Waals surface area contributed by atoms with E-state index in [-0.39, 0.29) is 18.9 Å². The van der Waals surface area contributed by atoms with E-state index in [1.165, 1.54) is 33.4 Å². The summed E-state index contributed by atoms with van der Waals surface area (Å²) < 4.78 is 0. The van der Waals surface area contributed by atoms with Crippen LogP contribution in [0.4, 0.5) is 0 Å². The number of rotatable bonds is 3. The van der Waals surface area contributed by atoms with Gasteiger partial charge in [0.25, 0.3) is 0 Å². The van der Waals surface area contributed by atoms with Crippen molar-refractivity contribution in [1.29, 1.82) is 0 Å². The first kappa shape index (κ1) is 18.7. The van der Waals surface area contributed by atoms with Crippen LogP contribution in [0.5, 0.6) is 0 Å². The Bertz CT molecular complexity index is 1010. The maximum Gasteiger partial charge on any atom is 0.0743 e. The summed E-state index contributed by atoms with van der Waals surface area (Å²) >= 11 is 0. The molecule has 29 heavy (non-hydrogen) atoms. The third-order valence-corrected chi connectivity index (χ3v) is 11.0. The molecule has 0 bridgehead atoms. The Morgan fingerprint density at radius 1 is 0.448 bits per heavy atom. The second-order valence-corrected chi connectivity index (χ2v) is 11.4. The van der Waals surface area contributed by atoms with Gasteiger partial charge in [-0.1, -0.05) is 109 Å². The van der Waals surface area contributed by atoms with Gasteiger partial charge in [-0.15, -0.1) is 0 Å². The molecular weight excluding hydrogens is 359 g/mol. The Hall–Kier alpha value is -2.31. The van der Waals surface area contributed by atoms with Crippen LogP contribution < -0.4 is 0 Å². The summed E-state index contributed by atoms with van der Waals surface area (Å²) in [7, 11) is -1.36. The first-order chi connectivity index (χ1) is 13.9.